The van der Waals surface area contributed by atoms with Gasteiger partial charge in [-0.15, -0.1) is 0 Å². The van der Waals surface area contributed by atoms with Crippen LogP contribution in [0.15, 0.2) is 12.1 Å². The van der Waals surface area contributed by atoms with E-state index in [1.165, 1.54) is 0 Å². The third-order valence-corrected chi connectivity index (χ3v) is 2.19. The largest absolute Gasteiger partial charge is 0.359 e. The number of hydrogen-bond donors (Lipinski definition) is 2. The van der Waals surface area contributed by atoms with Crippen molar-refractivity contribution >= 4 is 11.7 Å². The molecule has 1 amide bonds. The van der Waals surface area contributed by atoms with E-state index in [-0.39, 0.29) is 11.9 Å². The Hall–Kier alpha value is -2.09. The average Bonchev–Trinajstić information content (AvgIpc) is 2.28. The first-order valence-corrected chi connectivity index (χ1v) is 5.50. The van der Waals surface area contributed by atoms with E-state index in [1.54, 1.807) is 19.1 Å². The van der Waals surface area contributed by atoms with E-state index < -0.39 is 0 Å². The molecule has 0 saturated carbocycles. The number of carbonyl (C=O) groups excluding carboxylic acids is 1. The van der Waals surface area contributed by atoms with Crippen molar-refractivity contribution in [1.29, 1.82) is 5.26 Å². The molecule has 0 fully saturated rings. The van der Waals surface area contributed by atoms with Gasteiger partial charge in [0.1, 0.15) is 11.9 Å². The van der Waals surface area contributed by atoms with Gasteiger partial charge in [-0.2, -0.15) is 5.26 Å². The van der Waals surface area contributed by atoms with Crippen molar-refractivity contribution in [3.63, 3.8) is 0 Å². The highest BCUT2D eigenvalue weighted by molar-refractivity contribution is 5.83. The van der Waals surface area contributed by atoms with Crippen LogP contribution in [-0.2, 0) is 4.79 Å². The van der Waals surface area contributed by atoms with Gasteiger partial charge in [0.05, 0.1) is 11.6 Å². The van der Waals surface area contributed by atoms with Crippen LogP contribution >= 0.6 is 0 Å². The molecule has 2 N–H and O–H groups in total. The molecule has 5 nitrogen and oxygen atoms in total. The molecule has 1 atom stereocenters. The zero-order chi connectivity index (χ0) is 12.8. The molecule has 0 aliphatic heterocycles. The highest BCUT2D eigenvalue weighted by Gasteiger charge is 2.12. The summed E-state index contributed by atoms with van der Waals surface area (Å²) in [5.41, 5.74) is 1.28. The van der Waals surface area contributed by atoms with Gasteiger partial charge in [-0.3, -0.25) is 4.79 Å². The second-order valence-corrected chi connectivity index (χ2v) is 3.75. The number of aryl methyl sites for hydroxylation is 1. The molecule has 17 heavy (non-hydrogen) atoms. The average molecular weight is 232 g/mol. The van der Waals surface area contributed by atoms with Crippen LogP contribution in [0.3, 0.4) is 0 Å². The Morgan fingerprint density at radius 1 is 1.59 bits per heavy atom. The van der Waals surface area contributed by atoms with Gasteiger partial charge >= 0.3 is 0 Å². The minimum Gasteiger partial charge on any atom is -0.359 e. The Morgan fingerprint density at radius 2 is 2.29 bits per heavy atom. The molecule has 1 rings (SSSR count). The minimum atomic E-state index is -0.379. The third kappa shape index (κ3) is 3.76. The van der Waals surface area contributed by atoms with Gasteiger partial charge in [0.25, 0.3) is 0 Å². The minimum absolute atomic E-state index is 0.0886. The second kappa shape index (κ2) is 5.85. The molecular formula is C12H16N4O. The lowest BCUT2D eigenvalue weighted by atomic mass is 10.2. The zero-order valence-electron chi connectivity index (χ0n) is 10.2. The number of nitriles is 1. The van der Waals surface area contributed by atoms with Gasteiger partial charge in [0.15, 0.2) is 0 Å². The number of nitrogens with zero attached hydrogens (tertiary/aromatic N) is 2. The van der Waals surface area contributed by atoms with Crippen LogP contribution in [0.4, 0.5) is 5.82 Å². The Kier molecular flexibility index (Phi) is 4.46. The summed E-state index contributed by atoms with van der Waals surface area (Å²) >= 11 is 0. The predicted molar refractivity (Wildman–Crippen MR) is 65.5 cm³/mol. The number of rotatable bonds is 4. The fraction of sp³-hybridized carbons (Fsp3) is 0.417. The topological polar surface area (TPSA) is 77.8 Å². The third-order valence-electron chi connectivity index (χ3n) is 2.19. The van der Waals surface area contributed by atoms with Gasteiger partial charge in [0, 0.05) is 12.2 Å². The van der Waals surface area contributed by atoms with Crippen LogP contribution in [0, 0.1) is 18.3 Å². The van der Waals surface area contributed by atoms with E-state index >= 15 is 0 Å². The predicted octanol–water partition coefficient (Wildman–Crippen LogP) is 1.20. The van der Waals surface area contributed by atoms with Gasteiger partial charge < -0.3 is 10.6 Å². The molecule has 1 unspecified atom stereocenters. The van der Waals surface area contributed by atoms with E-state index in [0.29, 0.717) is 17.9 Å². The molecule has 1 aromatic rings. The van der Waals surface area contributed by atoms with Crippen LogP contribution in [0.1, 0.15) is 25.1 Å². The van der Waals surface area contributed by atoms with E-state index in [4.69, 9.17) is 5.26 Å². The summed E-state index contributed by atoms with van der Waals surface area (Å²) in [5.74, 6) is 0.453. The van der Waals surface area contributed by atoms with E-state index in [0.717, 1.165) is 5.69 Å². The molecule has 0 saturated heterocycles. The maximum atomic E-state index is 11.5. The fourth-order valence-electron chi connectivity index (χ4n) is 1.42. The van der Waals surface area contributed by atoms with Crippen LogP contribution in [0.5, 0.6) is 0 Å². The Labute approximate surface area is 101 Å². The van der Waals surface area contributed by atoms with Crippen LogP contribution in [-0.4, -0.2) is 23.5 Å². The lowest BCUT2D eigenvalue weighted by Gasteiger charge is -2.14. The summed E-state index contributed by atoms with van der Waals surface area (Å²) in [6, 6.07) is 5.00. The lowest BCUT2D eigenvalue weighted by Crippen LogP contribution is -2.37. The first-order valence-electron chi connectivity index (χ1n) is 5.50. The smallest absolute Gasteiger partial charge is 0.242 e. The van der Waals surface area contributed by atoms with Gasteiger partial charge in [-0.05, 0) is 32.9 Å². The van der Waals surface area contributed by atoms with Crippen molar-refractivity contribution in [2.75, 3.05) is 11.9 Å². The quantitative estimate of drug-likeness (QED) is 0.817. The molecule has 0 radical (unpaired) electrons. The number of anilines is 1. The number of aromatic nitrogens is 1. The van der Waals surface area contributed by atoms with E-state index in [2.05, 4.69) is 21.7 Å². The highest BCUT2D eigenvalue weighted by Crippen LogP contribution is 2.10. The Morgan fingerprint density at radius 3 is 2.88 bits per heavy atom. The number of pyridine rings is 1. The Balaban J connectivity index is 2.78. The van der Waals surface area contributed by atoms with Crippen LogP contribution in [0.25, 0.3) is 0 Å². The fourth-order valence-corrected chi connectivity index (χ4v) is 1.42. The van der Waals surface area contributed by atoms with Crippen LogP contribution < -0.4 is 10.6 Å². The first-order chi connectivity index (χ1) is 8.06. The number of likely N-dealkylation sites (N-methyl/N-ethyl adjacent to an activating group) is 1. The first kappa shape index (κ1) is 13.0. The second-order valence-electron chi connectivity index (χ2n) is 3.75. The molecule has 0 bridgehead atoms. The summed E-state index contributed by atoms with van der Waals surface area (Å²) in [7, 11) is 0. The van der Waals surface area contributed by atoms with Crippen molar-refractivity contribution in [2.45, 2.75) is 26.8 Å². The van der Waals surface area contributed by atoms with Crippen molar-refractivity contribution in [3.05, 3.63) is 23.4 Å². The van der Waals surface area contributed by atoms with Crippen molar-refractivity contribution in [3.8, 4) is 6.07 Å². The van der Waals surface area contributed by atoms with Crippen molar-refractivity contribution in [2.24, 2.45) is 0 Å². The molecule has 90 valence electrons. The zero-order valence-corrected chi connectivity index (χ0v) is 10.2. The SMILES string of the molecule is CCNC(=O)C(C)Nc1cc(C#N)cc(C)n1. The van der Waals surface area contributed by atoms with Crippen molar-refractivity contribution < 1.29 is 4.79 Å². The van der Waals surface area contributed by atoms with Gasteiger partial charge in [-0.25, -0.2) is 4.98 Å². The Bertz CT molecular complexity index is 450. The molecule has 1 aromatic heterocycles. The lowest BCUT2D eigenvalue weighted by molar-refractivity contribution is -0.121. The molecule has 0 spiro atoms. The maximum Gasteiger partial charge on any atom is 0.242 e. The summed E-state index contributed by atoms with van der Waals surface area (Å²) < 4.78 is 0. The van der Waals surface area contributed by atoms with Crippen molar-refractivity contribution in [1.82, 2.24) is 10.3 Å². The summed E-state index contributed by atoms with van der Waals surface area (Å²) in [6.45, 7) is 6.02. The van der Waals surface area contributed by atoms with Gasteiger partial charge in [0.2, 0.25) is 5.91 Å². The monoisotopic (exact) mass is 232 g/mol. The maximum absolute atomic E-state index is 11.5. The molecule has 0 aromatic carbocycles. The summed E-state index contributed by atoms with van der Waals surface area (Å²) in [4.78, 5) is 15.7. The molecule has 5 heteroatoms. The normalized spacial score (nSPS) is 11.4. The van der Waals surface area contributed by atoms with Gasteiger partial charge in [-0.1, -0.05) is 0 Å². The number of carbonyl (C=O) groups is 1. The van der Waals surface area contributed by atoms with Crippen LogP contribution in [0.2, 0.25) is 0 Å². The van der Waals surface area contributed by atoms with E-state index in [9.17, 15) is 4.79 Å². The molecule has 1 heterocycles. The summed E-state index contributed by atoms with van der Waals surface area (Å²) in [6.07, 6.45) is 0. The number of hydrogen-bond acceptors (Lipinski definition) is 4. The highest BCUT2D eigenvalue weighted by atomic mass is 16.2. The molecule has 0 aliphatic carbocycles. The summed E-state index contributed by atoms with van der Waals surface area (Å²) in [5, 5.41) is 14.5. The molecular weight excluding hydrogens is 216 g/mol. The number of amides is 1. The number of nitrogens with one attached hydrogen (secondary N) is 2. The standard InChI is InChI=1S/C12H16N4O/c1-4-14-12(17)9(3)16-11-6-10(7-13)5-8(2)15-11/h5-6,9H,4H2,1-3H3,(H,14,17)(H,15,16). The van der Waals surface area contributed by atoms with E-state index in [1.807, 2.05) is 13.8 Å². The molecule has 0 aliphatic rings.